The van der Waals surface area contributed by atoms with E-state index in [4.69, 9.17) is 5.73 Å². The van der Waals surface area contributed by atoms with E-state index >= 15 is 0 Å². The Morgan fingerprint density at radius 3 is 3.05 bits per heavy atom. The Kier molecular flexibility index (Phi) is 5.14. The molecule has 0 radical (unpaired) electrons. The number of aliphatic hydroxyl groups excluding tert-OH is 1. The van der Waals surface area contributed by atoms with E-state index in [-0.39, 0.29) is 30.7 Å². The highest BCUT2D eigenvalue weighted by atomic mass is 19.1. The molecule has 4 N–H and O–H groups in total. The number of anilines is 2. The molecule has 5 nitrogen and oxygen atoms in total. The summed E-state index contributed by atoms with van der Waals surface area (Å²) in [5.74, 6) is -0.319. The standard InChI is InChI=1S/C15H22FN3O2/c1-10-4-6-19(14(10)9-20)7-5-15(21)18-13-8-11(17)2-3-12(13)16/h2-3,8,10,14,20H,4-7,9,17H2,1H3,(H,18,21). The summed E-state index contributed by atoms with van der Waals surface area (Å²) in [5, 5.41) is 11.9. The number of hydrogen-bond donors (Lipinski definition) is 3. The molecule has 21 heavy (non-hydrogen) atoms. The van der Waals surface area contributed by atoms with Gasteiger partial charge in [0.05, 0.1) is 12.3 Å². The first-order valence-corrected chi connectivity index (χ1v) is 7.21. The number of aliphatic hydroxyl groups is 1. The summed E-state index contributed by atoms with van der Waals surface area (Å²) in [6, 6.07) is 4.20. The molecule has 116 valence electrons. The highest BCUT2D eigenvalue weighted by Gasteiger charge is 2.30. The van der Waals surface area contributed by atoms with E-state index in [1.54, 1.807) is 0 Å². The first kappa shape index (κ1) is 15.7. The van der Waals surface area contributed by atoms with Crippen LogP contribution >= 0.6 is 0 Å². The number of likely N-dealkylation sites (tertiary alicyclic amines) is 1. The quantitative estimate of drug-likeness (QED) is 0.718. The second-order valence-electron chi connectivity index (χ2n) is 5.59. The van der Waals surface area contributed by atoms with Crippen LogP contribution in [-0.2, 0) is 4.79 Å². The molecule has 1 aromatic rings. The maximum Gasteiger partial charge on any atom is 0.225 e. The normalized spacial score (nSPS) is 22.4. The summed E-state index contributed by atoms with van der Waals surface area (Å²) >= 11 is 0. The van der Waals surface area contributed by atoms with Crippen molar-refractivity contribution in [3.8, 4) is 0 Å². The Morgan fingerprint density at radius 2 is 2.33 bits per heavy atom. The second kappa shape index (κ2) is 6.87. The van der Waals surface area contributed by atoms with Crippen molar-refractivity contribution < 1.29 is 14.3 Å². The third kappa shape index (κ3) is 3.92. The maximum absolute atomic E-state index is 13.5. The summed E-state index contributed by atoms with van der Waals surface area (Å²) in [7, 11) is 0. The minimum atomic E-state index is -0.499. The lowest BCUT2D eigenvalue weighted by atomic mass is 10.0. The van der Waals surface area contributed by atoms with Crippen LogP contribution in [0.25, 0.3) is 0 Å². The van der Waals surface area contributed by atoms with Gasteiger partial charge in [-0.15, -0.1) is 0 Å². The summed E-state index contributed by atoms with van der Waals surface area (Å²) in [6.07, 6.45) is 1.29. The van der Waals surface area contributed by atoms with Gasteiger partial charge in [-0.2, -0.15) is 0 Å². The van der Waals surface area contributed by atoms with Crippen LogP contribution in [0, 0.1) is 11.7 Å². The fraction of sp³-hybridized carbons (Fsp3) is 0.533. The smallest absolute Gasteiger partial charge is 0.225 e. The van der Waals surface area contributed by atoms with Gasteiger partial charge in [-0.3, -0.25) is 9.69 Å². The predicted octanol–water partition coefficient (Wildman–Crippen LogP) is 1.44. The maximum atomic E-state index is 13.5. The van der Waals surface area contributed by atoms with E-state index in [2.05, 4.69) is 17.1 Å². The van der Waals surface area contributed by atoms with Crippen LogP contribution < -0.4 is 11.1 Å². The third-order valence-corrected chi connectivity index (χ3v) is 4.08. The van der Waals surface area contributed by atoms with Gasteiger partial charge in [-0.05, 0) is 37.1 Å². The van der Waals surface area contributed by atoms with E-state index in [1.165, 1.54) is 18.2 Å². The average molecular weight is 295 g/mol. The van der Waals surface area contributed by atoms with Crippen LogP contribution in [0.1, 0.15) is 19.8 Å². The van der Waals surface area contributed by atoms with E-state index < -0.39 is 5.82 Å². The van der Waals surface area contributed by atoms with Gasteiger partial charge in [0, 0.05) is 24.7 Å². The number of carbonyl (C=O) groups excluding carboxylic acids is 1. The van der Waals surface area contributed by atoms with E-state index in [0.29, 0.717) is 18.2 Å². The molecule has 6 heteroatoms. The van der Waals surface area contributed by atoms with E-state index in [1.807, 2.05) is 0 Å². The first-order valence-electron chi connectivity index (χ1n) is 7.21. The molecular formula is C15H22FN3O2. The van der Waals surface area contributed by atoms with Gasteiger partial charge in [0.1, 0.15) is 5.82 Å². The molecular weight excluding hydrogens is 273 g/mol. The van der Waals surface area contributed by atoms with Crippen LogP contribution in [0.2, 0.25) is 0 Å². The monoisotopic (exact) mass is 295 g/mol. The van der Waals surface area contributed by atoms with Crippen molar-refractivity contribution in [2.45, 2.75) is 25.8 Å². The minimum absolute atomic E-state index is 0.104. The molecule has 2 atom stereocenters. The molecule has 0 spiro atoms. The van der Waals surface area contributed by atoms with Crippen molar-refractivity contribution >= 4 is 17.3 Å². The van der Waals surface area contributed by atoms with Gasteiger partial charge in [-0.25, -0.2) is 4.39 Å². The number of halogens is 1. The van der Waals surface area contributed by atoms with Crippen molar-refractivity contribution in [1.82, 2.24) is 4.90 Å². The molecule has 0 aromatic heterocycles. The van der Waals surface area contributed by atoms with Gasteiger partial charge in [0.2, 0.25) is 5.91 Å². The van der Waals surface area contributed by atoms with Crippen LogP contribution in [0.5, 0.6) is 0 Å². The van der Waals surface area contributed by atoms with Crippen molar-refractivity contribution in [2.24, 2.45) is 5.92 Å². The topological polar surface area (TPSA) is 78.6 Å². The Bertz CT molecular complexity index is 510. The lowest BCUT2D eigenvalue weighted by Gasteiger charge is -2.24. The molecule has 1 aliphatic heterocycles. The fourth-order valence-electron chi connectivity index (χ4n) is 2.76. The van der Waals surface area contributed by atoms with Crippen LogP contribution in [0.15, 0.2) is 18.2 Å². The van der Waals surface area contributed by atoms with Crippen molar-refractivity contribution in [3.63, 3.8) is 0 Å². The first-order chi connectivity index (χ1) is 10.0. The van der Waals surface area contributed by atoms with Crippen LogP contribution in [-0.4, -0.2) is 41.7 Å². The van der Waals surface area contributed by atoms with Crippen molar-refractivity contribution in [1.29, 1.82) is 0 Å². The molecule has 1 aliphatic rings. The number of nitrogen functional groups attached to an aromatic ring is 1. The summed E-state index contributed by atoms with van der Waals surface area (Å²) < 4.78 is 13.5. The molecule has 1 fully saturated rings. The van der Waals surface area contributed by atoms with Crippen molar-refractivity contribution in [2.75, 3.05) is 30.7 Å². The zero-order valence-corrected chi connectivity index (χ0v) is 12.2. The number of rotatable bonds is 5. The Balaban J connectivity index is 1.86. The number of nitrogens with one attached hydrogen (secondary N) is 1. The molecule has 2 rings (SSSR count). The van der Waals surface area contributed by atoms with Gasteiger partial charge >= 0.3 is 0 Å². The number of nitrogens with two attached hydrogens (primary N) is 1. The third-order valence-electron chi connectivity index (χ3n) is 4.08. The molecule has 1 heterocycles. The van der Waals surface area contributed by atoms with Crippen molar-refractivity contribution in [3.05, 3.63) is 24.0 Å². The highest BCUT2D eigenvalue weighted by molar-refractivity contribution is 5.91. The number of carbonyl (C=O) groups is 1. The van der Waals surface area contributed by atoms with E-state index in [0.717, 1.165) is 13.0 Å². The molecule has 0 bridgehead atoms. The van der Waals surface area contributed by atoms with Gasteiger partial charge in [0.25, 0.3) is 0 Å². The molecule has 0 aliphatic carbocycles. The van der Waals surface area contributed by atoms with Gasteiger partial charge < -0.3 is 16.2 Å². The predicted molar refractivity (Wildman–Crippen MR) is 80.3 cm³/mol. The number of amides is 1. The highest BCUT2D eigenvalue weighted by Crippen LogP contribution is 2.23. The molecule has 0 saturated carbocycles. The zero-order chi connectivity index (χ0) is 15.4. The Hall–Kier alpha value is -1.66. The summed E-state index contributed by atoms with van der Waals surface area (Å²) in [4.78, 5) is 14.0. The lowest BCUT2D eigenvalue weighted by Crippen LogP contribution is -2.37. The van der Waals surface area contributed by atoms with Crippen LogP contribution in [0.4, 0.5) is 15.8 Å². The molecule has 1 amide bonds. The molecule has 1 saturated heterocycles. The average Bonchev–Trinajstić information content (AvgIpc) is 2.81. The van der Waals surface area contributed by atoms with Gasteiger partial charge in [-0.1, -0.05) is 6.92 Å². The molecule has 1 aromatic carbocycles. The SMILES string of the molecule is CC1CCN(CCC(=O)Nc2cc(N)ccc2F)C1CO. The Labute approximate surface area is 123 Å². The molecule has 2 unspecified atom stereocenters. The fourth-order valence-corrected chi connectivity index (χ4v) is 2.76. The number of benzene rings is 1. The number of hydrogen-bond acceptors (Lipinski definition) is 4. The van der Waals surface area contributed by atoms with Gasteiger partial charge in [0.15, 0.2) is 0 Å². The minimum Gasteiger partial charge on any atom is -0.399 e. The number of nitrogens with zero attached hydrogens (tertiary/aromatic N) is 1. The summed E-state index contributed by atoms with van der Waals surface area (Å²) in [5.41, 5.74) is 6.08. The lowest BCUT2D eigenvalue weighted by molar-refractivity contribution is -0.116. The van der Waals surface area contributed by atoms with Crippen LogP contribution in [0.3, 0.4) is 0 Å². The van der Waals surface area contributed by atoms with E-state index in [9.17, 15) is 14.3 Å². The Morgan fingerprint density at radius 1 is 1.57 bits per heavy atom. The summed E-state index contributed by atoms with van der Waals surface area (Å²) in [6.45, 7) is 3.65. The second-order valence-corrected chi connectivity index (χ2v) is 5.59. The largest absolute Gasteiger partial charge is 0.399 e. The zero-order valence-electron chi connectivity index (χ0n) is 12.2.